The Balaban J connectivity index is 2.59. The van der Waals surface area contributed by atoms with Crippen LogP contribution < -0.4 is 0 Å². The largest absolute Gasteiger partial charge is 0.305 e. The fraction of sp³-hybridized carbons (Fsp3) is 0.333. The van der Waals surface area contributed by atoms with E-state index in [-0.39, 0.29) is 0 Å². The van der Waals surface area contributed by atoms with Crippen LogP contribution in [0.4, 0.5) is 0 Å². The number of rotatable bonds is 2. The van der Waals surface area contributed by atoms with Crippen LogP contribution in [0.2, 0.25) is 0 Å². The minimum atomic E-state index is 1.01. The minimum Gasteiger partial charge on any atom is -0.305 e. The highest BCUT2D eigenvalue weighted by Gasteiger charge is 1.90. The third-order valence-electron chi connectivity index (χ3n) is 1.29. The SMILES string of the molecule is CN(C)Cc1cc[c]cc1. The van der Waals surface area contributed by atoms with Gasteiger partial charge < -0.3 is 4.90 Å². The molecule has 1 aromatic rings. The van der Waals surface area contributed by atoms with E-state index in [4.69, 9.17) is 0 Å². The second kappa shape index (κ2) is 3.37. The maximum Gasteiger partial charge on any atom is 0.0227 e. The van der Waals surface area contributed by atoms with E-state index in [1.54, 1.807) is 0 Å². The monoisotopic (exact) mass is 134 g/mol. The van der Waals surface area contributed by atoms with E-state index in [2.05, 4.69) is 37.2 Å². The first-order valence-corrected chi connectivity index (χ1v) is 3.39. The second-order valence-electron chi connectivity index (χ2n) is 2.65. The van der Waals surface area contributed by atoms with Crippen LogP contribution in [0.25, 0.3) is 0 Å². The highest BCUT2D eigenvalue weighted by atomic mass is 15.0. The van der Waals surface area contributed by atoms with Gasteiger partial charge in [0.05, 0.1) is 0 Å². The normalized spacial score (nSPS) is 10.3. The summed E-state index contributed by atoms with van der Waals surface area (Å²) >= 11 is 0. The van der Waals surface area contributed by atoms with Gasteiger partial charge in [-0.2, -0.15) is 0 Å². The molecule has 0 saturated carbocycles. The molecule has 0 unspecified atom stereocenters. The summed E-state index contributed by atoms with van der Waals surface area (Å²) in [6.45, 7) is 1.01. The van der Waals surface area contributed by atoms with Gasteiger partial charge in [-0.05, 0) is 25.7 Å². The van der Waals surface area contributed by atoms with Gasteiger partial charge in [-0.3, -0.25) is 0 Å². The molecule has 0 bridgehead atoms. The first-order valence-electron chi connectivity index (χ1n) is 3.39. The van der Waals surface area contributed by atoms with Gasteiger partial charge in [0.1, 0.15) is 0 Å². The molecule has 1 aromatic carbocycles. The molecule has 0 heterocycles. The molecule has 53 valence electrons. The first-order chi connectivity index (χ1) is 4.79. The van der Waals surface area contributed by atoms with Gasteiger partial charge in [-0.1, -0.05) is 24.3 Å². The van der Waals surface area contributed by atoms with Crippen molar-refractivity contribution >= 4 is 0 Å². The zero-order valence-electron chi connectivity index (χ0n) is 6.46. The van der Waals surface area contributed by atoms with Crippen LogP contribution >= 0.6 is 0 Å². The Morgan fingerprint density at radius 3 is 2.40 bits per heavy atom. The van der Waals surface area contributed by atoms with Crippen molar-refractivity contribution in [3.8, 4) is 0 Å². The third-order valence-corrected chi connectivity index (χ3v) is 1.29. The van der Waals surface area contributed by atoms with E-state index in [1.165, 1.54) is 5.56 Å². The summed E-state index contributed by atoms with van der Waals surface area (Å²) in [6.07, 6.45) is 0. The Morgan fingerprint density at radius 2 is 1.90 bits per heavy atom. The number of nitrogens with zero attached hydrogens (tertiary/aromatic N) is 1. The summed E-state index contributed by atoms with van der Waals surface area (Å²) in [5.74, 6) is 0. The smallest absolute Gasteiger partial charge is 0.0227 e. The van der Waals surface area contributed by atoms with Crippen LogP contribution in [0, 0.1) is 6.07 Å². The zero-order valence-corrected chi connectivity index (χ0v) is 6.46. The predicted octanol–water partition coefficient (Wildman–Crippen LogP) is 1.55. The van der Waals surface area contributed by atoms with Crippen LogP contribution in [0.15, 0.2) is 24.3 Å². The molecule has 1 radical (unpaired) electrons. The van der Waals surface area contributed by atoms with Gasteiger partial charge in [0.15, 0.2) is 0 Å². The van der Waals surface area contributed by atoms with Crippen LogP contribution in [0.1, 0.15) is 5.56 Å². The average molecular weight is 134 g/mol. The molecule has 1 heteroatoms. The van der Waals surface area contributed by atoms with E-state index in [9.17, 15) is 0 Å². The average Bonchev–Trinajstić information content (AvgIpc) is 1.88. The lowest BCUT2D eigenvalue weighted by atomic mass is 10.2. The fourth-order valence-corrected chi connectivity index (χ4v) is 0.892. The quantitative estimate of drug-likeness (QED) is 0.593. The summed E-state index contributed by atoms with van der Waals surface area (Å²) < 4.78 is 0. The van der Waals surface area contributed by atoms with Crippen molar-refractivity contribution in [1.82, 2.24) is 4.90 Å². The maximum absolute atomic E-state index is 2.99. The number of hydrogen-bond donors (Lipinski definition) is 0. The Hall–Kier alpha value is -0.820. The molecule has 0 aromatic heterocycles. The summed E-state index contributed by atoms with van der Waals surface area (Å²) in [5, 5.41) is 0. The standard InChI is InChI=1S/C9H12N/c1-10(2)8-9-6-4-3-5-7-9/h4-7H,8H2,1-2H3. The molecule has 0 saturated heterocycles. The molecule has 0 spiro atoms. The zero-order chi connectivity index (χ0) is 7.40. The molecule has 10 heavy (non-hydrogen) atoms. The van der Waals surface area contributed by atoms with E-state index >= 15 is 0 Å². The van der Waals surface area contributed by atoms with E-state index < -0.39 is 0 Å². The topological polar surface area (TPSA) is 3.24 Å². The molecule has 0 aliphatic rings. The summed E-state index contributed by atoms with van der Waals surface area (Å²) in [6, 6.07) is 11.0. The lowest BCUT2D eigenvalue weighted by Gasteiger charge is -2.08. The Bertz CT molecular complexity index is 179. The summed E-state index contributed by atoms with van der Waals surface area (Å²) in [4.78, 5) is 2.15. The Kier molecular flexibility index (Phi) is 2.46. The van der Waals surface area contributed by atoms with Crippen LogP contribution in [-0.2, 0) is 6.54 Å². The first kappa shape index (κ1) is 7.29. The molecule has 0 N–H and O–H groups in total. The molecular weight excluding hydrogens is 122 g/mol. The van der Waals surface area contributed by atoms with Gasteiger partial charge in [0, 0.05) is 6.54 Å². The van der Waals surface area contributed by atoms with Gasteiger partial charge >= 0.3 is 0 Å². The van der Waals surface area contributed by atoms with Crippen LogP contribution in [0.5, 0.6) is 0 Å². The fourth-order valence-electron chi connectivity index (χ4n) is 0.892. The van der Waals surface area contributed by atoms with Crippen molar-refractivity contribution in [3.05, 3.63) is 35.9 Å². The number of benzene rings is 1. The van der Waals surface area contributed by atoms with Crippen molar-refractivity contribution in [3.63, 3.8) is 0 Å². The molecule has 0 atom stereocenters. The molecule has 0 aliphatic carbocycles. The lowest BCUT2D eigenvalue weighted by Crippen LogP contribution is -2.10. The molecule has 1 nitrogen and oxygen atoms in total. The van der Waals surface area contributed by atoms with Crippen molar-refractivity contribution in [2.75, 3.05) is 14.1 Å². The number of hydrogen-bond acceptors (Lipinski definition) is 1. The highest BCUT2D eigenvalue weighted by molar-refractivity contribution is 5.13. The highest BCUT2D eigenvalue weighted by Crippen LogP contribution is 1.99. The predicted molar refractivity (Wildman–Crippen MR) is 42.7 cm³/mol. The Morgan fingerprint density at radius 1 is 1.30 bits per heavy atom. The summed E-state index contributed by atoms with van der Waals surface area (Å²) in [7, 11) is 4.13. The molecule has 0 fully saturated rings. The molecule has 0 amide bonds. The van der Waals surface area contributed by atoms with Gasteiger partial charge in [0.25, 0.3) is 0 Å². The van der Waals surface area contributed by atoms with E-state index in [0.717, 1.165) is 6.54 Å². The van der Waals surface area contributed by atoms with Gasteiger partial charge in [0.2, 0.25) is 0 Å². The second-order valence-corrected chi connectivity index (χ2v) is 2.65. The van der Waals surface area contributed by atoms with Crippen molar-refractivity contribution in [1.29, 1.82) is 0 Å². The van der Waals surface area contributed by atoms with E-state index in [0.29, 0.717) is 0 Å². The van der Waals surface area contributed by atoms with Crippen LogP contribution in [-0.4, -0.2) is 19.0 Å². The van der Waals surface area contributed by atoms with Crippen molar-refractivity contribution < 1.29 is 0 Å². The summed E-state index contributed by atoms with van der Waals surface area (Å²) in [5.41, 5.74) is 1.34. The Labute approximate surface area is 62.3 Å². The molecule has 1 rings (SSSR count). The maximum atomic E-state index is 2.99. The van der Waals surface area contributed by atoms with Gasteiger partial charge in [-0.15, -0.1) is 0 Å². The molecular formula is C9H12N. The van der Waals surface area contributed by atoms with Crippen molar-refractivity contribution in [2.45, 2.75) is 6.54 Å². The minimum absolute atomic E-state index is 1.01. The van der Waals surface area contributed by atoms with E-state index in [1.807, 2.05) is 12.1 Å². The van der Waals surface area contributed by atoms with Gasteiger partial charge in [-0.25, -0.2) is 0 Å². The third kappa shape index (κ3) is 2.19. The van der Waals surface area contributed by atoms with Crippen molar-refractivity contribution in [2.24, 2.45) is 0 Å². The molecule has 0 aliphatic heterocycles. The lowest BCUT2D eigenvalue weighted by molar-refractivity contribution is 0.402. The van der Waals surface area contributed by atoms with Crippen LogP contribution in [0.3, 0.4) is 0 Å².